The van der Waals surface area contributed by atoms with Crippen LogP contribution in [-0.2, 0) is 6.54 Å². The number of hydrogen-bond donors (Lipinski definition) is 0. The number of nitrogens with zero attached hydrogens (tertiary/aromatic N) is 1. The average Bonchev–Trinajstić information content (AvgIpc) is 3.01. The van der Waals surface area contributed by atoms with Gasteiger partial charge in [-0.3, -0.25) is 9.69 Å². The summed E-state index contributed by atoms with van der Waals surface area (Å²) < 4.78 is 0. The summed E-state index contributed by atoms with van der Waals surface area (Å²) >= 11 is 6.09. The molecule has 2 aromatic carbocycles. The van der Waals surface area contributed by atoms with E-state index in [1.54, 1.807) is 12.1 Å². The van der Waals surface area contributed by atoms with Crippen LogP contribution in [0.1, 0.15) is 34.3 Å². The number of hydrogen-bond acceptors (Lipinski definition) is 2. The molecule has 0 amide bonds. The average molecular weight is 300 g/mol. The van der Waals surface area contributed by atoms with E-state index in [1.807, 2.05) is 36.4 Å². The van der Waals surface area contributed by atoms with Gasteiger partial charge in [0.2, 0.25) is 0 Å². The lowest BCUT2D eigenvalue weighted by Crippen LogP contribution is -2.18. The molecule has 1 fully saturated rings. The molecule has 1 aliphatic heterocycles. The normalized spacial score (nSPS) is 15.3. The Kier molecular flexibility index (Phi) is 4.37. The van der Waals surface area contributed by atoms with Crippen LogP contribution in [0.25, 0.3) is 0 Å². The molecule has 0 radical (unpaired) electrons. The highest BCUT2D eigenvalue weighted by atomic mass is 35.5. The zero-order valence-corrected chi connectivity index (χ0v) is 12.6. The van der Waals surface area contributed by atoms with Crippen molar-refractivity contribution in [2.45, 2.75) is 19.4 Å². The van der Waals surface area contributed by atoms with E-state index < -0.39 is 0 Å². The van der Waals surface area contributed by atoms with Crippen molar-refractivity contribution in [1.29, 1.82) is 0 Å². The molecular formula is C18H18ClNO. The lowest BCUT2D eigenvalue weighted by molar-refractivity contribution is 0.103. The number of likely N-dealkylation sites (tertiary alicyclic amines) is 1. The Morgan fingerprint density at radius 1 is 1.00 bits per heavy atom. The van der Waals surface area contributed by atoms with Crippen molar-refractivity contribution in [1.82, 2.24) is 4.90 Å². The van der Waals surface area contributed by atoms with Gasteiger partial charge in [0, 0.05) is 17.7 Å². The second-order valence-corrected chi connectivity index (χ2v) is 5.90. The van der Waals surface area contributed by atoms with Crippen LogP contribution in [0.3, 0.4) is 0 Å². The van der Waals surface area contributed by atoms with E-state index in [9.17, 15) is 4.79 Å². The number of carbonyl (C=O) groups excluding carboxylic acids is 1. The second-order valence-electron chi connectivity index (χ2n) is 5.49. The van der Waals surface area contributed by atoms with E-state index in [4.69, 9.17) is 11.6 Å². The van der Waals surface area contributed by atoms with Crippen LogP contribution in [0, 0.1) is 0 Å². The third kappa shape index (κ3) is 3.34. The molecular weight excluding hydrogens is 282 g/mol. The third-order valence-electron chi connectivity index (χ3n) is 3.94. The van der Waals surface area contributed by atoms with Gasteiger partial charge in [0.15, 0.2) is 5.78 Å². The summed E-state index contributed by atoms with van der Waals surface area (Å²) in [7, 11) is 0. The summed E-state index contributed by atoms with van der Waals surface area (Å²) in [6.45, 7) is 3.33. The van der Waals surface area contributed by atoms with Crippen LogP contribution in [0.2, 0.25) is 5.02 Å². The maximum atomic E-state index is 12.4. The van der Waals surface area contributed by atoms with Gasteiger partial charge in [-0.2, -0.15) is 0 Å². The first-order valence-corrected chi connectivity index (χ1v) is 7.72. The van der Waals surface area contributed by atoms with E-state index in [0.717, 1.165) is 6.54 Å². The lowest BCUT2D eigenvalue weighted by atomic mass is 10.0. The Labute approximate surface area is 130 Å². The lowest BCUT2D eigenvalue weighted by Gasteiger charge is -2.14. The predicted octanol–water partition coefficient (Wildman–Crippen LogP) is 4.17. The molecule has 0 unspecified atom stereocenters. The van der Waals surface area contributed by atoms with Gasteiger partial charge in [0.25, 0.3) is 0 Å². The fraction of sp³-hybridized carbons (Fsp3) is 0.278. The SMILES string of the molecule is O=C(c1ccc(CN2CCCC2)cc1)c1ccccc1Cl. The molecule has 0 aliphatic carbocycles. The van der Waals surface area contributed by atoms with Crippen molar-refractivity contribution >= 4 is 17.4 Å². The Bertz CT molecular complexity index is 630. The molecule has 1 aliphatic rings. The molecule has 0 spiro atoms. The molecule has 0 bridgehead atoms. The smallest absolute Gasteiger partial charge is 0.194 e. The van der Waals surface area contributed by atoms with Gasteiger partial charge < -0.3 is 0 Å². The van der Waals surface area contributed by atoms with E-state index in [1.165, 1.54) is 31.5 Å². The molecule has 2 aromatic rings. The fourth-order valence-electron chi connectivity index (χ4n) is 2.76. The zero-order valence-electron chi connectivity index (χ0n) is 11.9. The van der Waals surface area contributed by atoms with Crippen molar-refractivity contribution in [2.75, 3.05) is 13.1 Å². The minimum Gasteiger partial charge on any atom is -0.299 e. The number of ketones is 1. The topological polar surface area (TPSA) is 20.3 Å². The number of carbonyl (C=O) groups is 1. The van der Waals surface area contributed by atoms with Crippen LogP contribution >= 0.6 is 11.6 Å². The Balaban J connectivity index is 1.74. The summed E-state index contributed by atoms with van der Waals surface area (Å²) in [6.07, 6.45) is 2.59. The van der Waals surface area contributed by atoms with Crippen LogP contribution in [0.4, 0.5) is 0 Å². The second kappa shape index (κ2) is 6.42. The van der Waals surface area contributed by atoms with Gasteiger partial charge in [-0.1, -0.05) is 48.0 Å². The molecule has 3 rings (SSSR count). The van der Waals surface area contributed by atoms with Crippen LogP contribution < -0.4 is 0 Å². The Morgan fingerprint density at radius 2 is 1.67 bits per heavy atom. The first-order valence-electron chi connectivity index (χ1n) is 7.34. The van der Waals surface area contributed by atoms with Crippen molar-refractivity contribution in [3.05, 3.63) is 70.2 Å². The van der Waals surface area contributed by atoms with Gasteiger partial charge in [-0.15, -0.1) is 0 Å². The summed E-state index contributed by atoms with van der Waals surface area (Å²) in [5.41, 5.74) is 2.51. The standard InChI is InChI=1S/C18H18ClNO/c19-17-6-2-1-5-16(17)18(21)15-9-7-14(8-10-15)13-20-11-3-4-12-20/h1-2,5-10H,3-4,11-13H2. The third-order valence-corrected chi connectivity index (χ3v) is 4.27. The van der Waals surface area contributed by atoms with E-state index in [2.05, 4.69) is 4.90 Å². The number of rotatable bonds is 4. The Hall–Kier alpha value is -1.64. The molecule has 0 saturated carbocycles. The predicted molar refractivity (Wildman–Crippen MR) is 85.8 cm³/mol. The molecule has 0 aromatic heterocycles. The highest BCUT2D eigenvalue weighted by Gasteiger charge is 2.14. The van der Waals surface area contributed by atoms with E-state index in [-0.39, 0.29) is 5.78 Å². The van der Waals surface area contributed by atoms with Gasteiger partial charge in [0.1, 0.15) is 0 Å². The number of halogens is 1. The zero-order chi connectivity index (χ0) is 14.7. The first kappa shape index (κ1) is 14.3. The van der Waals surface area contributed by atoms with Gasteiger partial charge >= 0.3 is 0 Å². The summed E-state index contributed by atoms with van der Waals surface area (Å²) in [5, 5.41) is 0.503. The summed E-state index contributed by atoms with van der Waals surface area (Å²) in [5.74, 6) is -0.0201. The van der Waals surface area contributed by atoms with Crippen LogP contribution in [-0.4, -0.2) is 23.8 Å². The fourth-order valence-corrected chi connectivity index (χ4v) is 2.98. The maximum Gasteiger partial charge on any atom is 0.194 e. The van der Waals surface area contributed by atoms with Crippen LogP contribution in [0.15, 0.2) is 48.5 Å². The highest BCUT2D eigenvalue weighted by Crippen LogP contribution is 2.20. The minimum absolute atomic E-state index is 0.0201. The van der Waals surface area contributed by atoms with Crippen molar-refractivity contribution < 1.29 is 4.79 Å². The molecule has 3 heteroatoms. The van der Waals surface area contributed by atoms with Gasteiger partial charge in [-0.25, -0.2) is 0 Å². The van der Waals surface area contributed by atoms with E-state index in [0.29, 0.717) is 16.1 Å². The molecule has 0 atom stereocenters. The first-order chi connectivity index (χ1) is 10.2. The van der Waals surface area contributed by atoms with Crippen LogP contribution in [0.5, 0.6) is 0 Å². The molecule has 1 saturated heterocycles. The van der Waals surface area contributed by atoms with Gasteiger partial charge in [0.05, 0.1) is 5.02 Å². The molecule has 108 valence electrons. The van der Waals surface area contributed by atoms with E-state index >= 15 is 0 Å². The number of benzene rings is 2. The maximum absolute atomic E-state index is 12.4. The molecule has 21 heavy (non-hydrogen) atoms. The van der Waals surface area contributed by atoms with Crippen molar-refractivity contribution in [3.8, 4) is 0 Å². The van der Waals surface area contributed by atoms with Crippen molar-refractivity contribution in [3.63, 3.8) is 0 Å². The van der Waals surface area contributed by atoms with Gasteiger partial charge in [-0.05, 0) is 43.6 Å². The highest BCUT2D eigenvalue weighted by molar-refractivity contribution is 6.34. The molecule has 0 N–H and O–H groups in total. The summed E-state index contributed by atoms with van der Waals surface area (Å²) in [6, 6.07) is 15.1. The molecule has 2 nitrogen and oxygen atoms in total. The largest absolute Gasteiger partial charge is 0.299 e. The minimum atomic E-state index is -0.0201. The Morgan fingerprint density at radius 3 is 2.33 bits per heavy atom. The summed E-state index contributed by atoms with van der Waals surface area (Å²) in [4.78, 5) is 14.9. The quantitative estimate of drug-likeness (QED) is 0.790. The monoisotopic (exact) mass is 299 g/mol. The molecule has 1 heterocycles. The van der Waals surface area contributed by atoms with Crippen molar-refractivity contribution in [2.24, 2.45) is 0 Å².